The maximum atomic E-state index is 13.4. The number of hydrogen-bond acceptors (Lipinski definition) is 5. The van der Waals surface area contributed by atoms with Gasteiger partial charge in [0.25, 0.3) is 11.8 Å². The van der Waals surface area contributed by atoms with Gasteiger partial charge in [0.15, 0.2) is 0 Å². The zero-order valence-electron chi connectivity index (χ0n) is 22.3. The number of imide groups is 1. The number of carbonyl (C=O) groups excluding carboxylic acids is 2. The first-order valence-corrected chi connectivity index (χ1v) is 13.1. The topological polar surface area (TPSA) is 71.7 Å². The van der Waals surface area contributed by atoms with Crippen LogP contribution < -0.4 is 10.2 Å². The lowest BCUT2D eigenvalue weighted by Gasteiger charge is -2.22. The minimum atomic E-state index is -0.354. The SMILES string of the molecule is CN(C)CC1CCn2cc(c3ccc(N(C)C)cc32)C2=C(C(=O)NC2=O)c2cn(c3ccccc23)CCO1. The lowest BCUT2D eigenvalue weighted by atomic mass is 9.95. The van der Waals surface area contributed by atoms with Gasteiger partial charge in [-0.3, -0.25) is 14.9 Å². The second-order valence-electron chi connectivity index (χ2n) is 10.7. The molecule has 1 N–H and O–H groups in total. The van der Waals surface area contributed by atoms with Crippen LogP contribution >= 0.6 is 0 Å². The molecule has 2 aliphatic heterocycles. The number of hydrogen-bond donors (Lipinski definition) is 1. The van der Waals surface area contributed by atoms with E-state index in [4.69, 9.17) is 4.74 Å². The molecule has 8 nitrogen and oxygen atoms in total. The highest BCUT2D eigenvalue weighted by Crippen LogP contribution is 2.40. The molecular weight excluding hydrogens is 478 g/mol. The molecular formula is C30H33N5O3. The van der Waals surface area contributed by atoms with Gasteiger partial charge in [-0.1, -0.05) is 24.3 Å². The summed E-state index contributed by atoms with van der Waals surface area (Å²) in [5, 5.41) is 4.49. The van der Waals surface area contributed by atoms with Gasteiger partial charge in [-0.2, -0.15) is 0 Å². The number of amides is 2. The normalized spacial score (nSPS) is 18.3. The third kappa shape index (κ3) is 4.10. The van der Waals surface area contributed by atoms with Gasteiger partial charge in [0.2, 0.25) is 0 Å². The number of para-hydroxylation sites is 1. The van der Waals surface area contributed by atoms with Crippen LogP contribution in [0.1, 0.15) is 17.5 Å². The Morgan fingerprint density at radius 1 is 0.868 bits per heavy atom. The molecule has 2 aliphatic rings. The molecule has 4 heterocycles. The van der Waals surface area contributed by atoms with Gasteiger partial charge in [-0.15, -0.1) is 0 Å². The number of likely N-dealkylation sites (N-methyl/N-ethyl adjacent to an activating group) is 1. The Kier molecular flexibility index (Phi) is 6.08. The van der Waals surface area contributed by atoms with Crippen molar-refractivity contribution in [3.8, 4) is 0 Å². The number of anilines is 1. The van der Waals surface area contributed by atoms with E-state index in [0.717, 1.165) is 58.1 Å². The Bertz CT molecular complexity index is 1610. The number of rotatable bonds is 3. The monoisotopic (exact) mass is 511 g/mol. The van der Waals surface area contributed by atoms with Crippen LogP contribution in [-0.4, -0.2) is 73.3 Å². The zero-order chi connectivity index (χ0) is 26.6. The molecule has 196 valence electrons. The summed E-state index contributed by atoms with van der Waals surface area (Å²) < 4.78 is 10.8. The highest BCUT2D eigenvalue weighted by molar-refractivity contribution is 6.50. The molecule has 1 unspecified atom stereocenters. The predicted octanol–water partition coefficient (Wildman–Crippen LogP) is 3.58. The van der Waals surface area contributed by atoms with E-state index in [1.54, 1.807) is 0 Å². The van der Waals surface area contributed by atoms with Crippen molar-refractivity contribution in [1.82, 2.24) is 19.4 Å². The van der Waals surface area contributed by atoms with E-state index in [1.807, 2.05) is 44.7 Å². The van der Waals surface area contributed by atoms with Gasteiger partial charge < -0.3 is 23.7 Å². The summed E-state index contributed by atoms with van der Waals surface area (Å²) in [5.74, 6) is -0.702. The van der Waals surface area contributed by atoms with Crippen molar-refractivity contribution >= 4 is 50.5 Å². The molecule has 4 bridgehead atoms. The number of nitrogens with one attached hydrogen (secondary N) is 1. The van der Waals surface area contributed by atoms with Crippen molar-refractivity contribution in [2.75, 3.05) is 46.2 Å². The standard InChI is InChI=1S/C30H33N5O3/c1-32(2)16-20-11-12-34-17-24(22-10-9-19(33(3)4)15-26(22)34)28-27(29(36)31-30(28)37)23-18-35(13-14-38-20)25-8-6-5-7-21(23)25/h5-10,15,17-18,20H,11-14,16H2,1-4H3,(H,31,36,37). The van der Waals surface area contributed by atoms with Crippen molar-refractivity contribution in [3.05, 3.63) is 66.0 Å². The van der Waals surface area contributed by atoms with E-state index in [-0.39, 0.29) is 17.9 Å². The number of aryl methyl sites for hydroxylation is 1. The van der Waals surface area contributed by atoms with E-state index < -0.39 is 0 Å². The smallest absolute Gasteiger partial charge is 0.259 e. The Morgan fingerprint density at radius 3 is 2.21 bits per heavy atom. The van der Waals surface area contributed by atoms with Gasteiger partial charge in [-0.05, 0) is 38.7 Å². The van der Waals surface area contributed by atoms with E-state index in [0.29, 0.717) is 24.3 Å². The fourth-order valence-electron chi connectivity index (χ4n) is 5.78. The summed E-state index contributed by atoms with van der Waals surface area (Å²) in [6, 6.07) is 14.3. The fourth-order valence-corrected chi connectivity index (χ4v) is 5.78. The highest BCUT2D eigenvalue weighted by Gasteiger charge is 2.35. The average molecular weight is 512 g/mol. The molecule has 38 heavy (non-hydrogen) atoms. The molecule has 2 aromatic heterocycles. The molecule has 2 aromatic carbocycles. The largest absolute Gasteiger partial charge is 0.378 e. The van der Waals surface area contributed by atoms with Crippen molar-refractivity contribution in [3.63, 3.8) is 0 Å². The van der Waals surface area contributed by atoms with Gasteiger partial charge in [0.05, 0.1) is 29.4 Å². The van der Waals surface area contributed by atoms with Crippen molar-refractivity contribution < 1.29 is 14.3 Å². The summed E-state index contributed by atoms with van der Waals surface area (Å²) in [4.78, 5) is 30.9. The van der Waals surface area contributed by atoms with Crippen molar-refractivity contribution in [2.24, 2.45) is 0 Å². The minimum absolute atomic E-state index is 0.0540. The van der Waals surface area contributed by atoms with Crippen LogP contribution in [0.2, 0.25) is 0 Å². The predicted molar refractivity (Wildman–Crippen MR) is 151 cm³/mol. The highest BCUT2D eigenvalue weighted by atomic mass is 16.5. The van der Waals surface area contributed by atoms with Crippen molar-refractivity contribution in [1.29, 1.82) is 0 Å². The van der Waals surface area contributed by atoms with Gasteiger partial charge in [0, 0.05) is 79.2 Å². The van der Waals surface area contributed by atoms with Crippen molar-refractivity contribution in [2.45, 2.75) is 25.6 Å². The van der Waals surface area contributed by atoms with Gasteiger partial charge in [-0.25, -0.2) is 0 Å². The first-order valence-electron chi connectivity index (χ1n) is 13.1. The molecule has 0 fully saturated rings. The molecule has 0 saturated carbocycles. The molecule has 0 spiro atoms. The second kappa shape index (κ2) is 9.45. The molecule has 0 radical (unpaired) electrons. The molecule has 4 aromatic rings. The molecule has 8 heteroatoms. The van der Waals surface area contributed by atoms with Crippen LogP contribution in [0.5, 0.6) is 0 Å². The van der Waals surface area contributed by atoms with Crippen LogP contribution in [0.4, 0.5) is 5.69 Å². The van der Waals surface area contributed by atoms with Gasteiger partial charge >= 0.3 is 0 Å². The van der Waals surface area contributed by atoms with E-state index in [2.05, 4.69) is 62.6 Å². The van der Waals surface area contributed by atoms with Crippen LogP contribution in [0.3, 0.4) is 0 Å². The van der Waals surface area contributed by atoms with Gasteiger partial charge in [0.1, 0.15) is 0 Å². The lowest BCUT2D eigenvalue weighted by Crippen LogP contribution is -2.30. The lowest BCUT2D eigenvalue weighted by molar-refractivity contribution is -0.122. The third-order valence-electron chi connectivity index (χ3n) is 7.59. The van der Waals surface area contributed by atoms with Crippen LogP contribution in [-0.2, 0) is 27.4 Å². The minimum Gasteiger partial charge on any atom is -0.378 e. The molecule has 0 aliphatic carbocycles. The number of benzene rings is 2. The summed E-state index contributed by atoms with van der Waals surface area (Å²) >= 11 is 0. The Labute approximate surface area is 222 Å². The maximum absolute atomic E-state index is 13.4. The quantitative estimate of drug-likeness (QED) is 0.426. The van der Waals surface area contributed by atoms with Crippen LogP contribution in [0, 0.1) is 0 Å². The average Bonchev–Trinajstić information content (AvgIpc) is 3.51. The second-order valence-corrected chi connectivity index (χ2v) is 10.7. The van der Waals surface area contributed by atoms with E-state index in [9.17, 15) is 9.59 Å². The summed E-state index contributed by atoms with van der Waals surface area (Å²) in [5.41, 5.74) is 5.55. The molecule has 2 amide bonds. The third-order valence-corrected chi connectivity index (χ3v) is 7.59. The summed E-state index contributed by atoms with van der Waals surface area (Å²) in [7, 11) is 8.17. The Morgan fingerprint density at radius 2 is 1.53 bits per heavy atom. The molecule has 0 saturated heterocycles. The Balaban J connectivity index is 1.63. The summed E-state index contributed by atoms with van der Waals surface area (Å²) in [6.07, 6.45) is 4.91. The number of aromatic nitrogens is 2. The van der Waals surface area contributed by atoms with Crippen LogP contribution in [0.25, 0.3) is 33.0 Å². The first kappa shape index (κ1) is 24.5. The molecule has 1 atom stereocenters. The maximum Gasteiger partial charge on any atom is 0.259 e. The molecule has 6 rings (SSSR count). The Hall–Kier alpha value is -3.88. The van der Waals surface area contributed by atoms with E-state index >= 15 is 0 Å². The number of ether oxygens (including phenoxy) is 1. The van der Waals surface area contributed by atoms with Crippen LogP contribution in [0.15, 0.2) is 54.9 Å². The number of fused-ring (bicyclic) bond motifs is 12. The van der Waals surface area contributed by atoms with E-state index in [1.165, 1.54) is 0 Å². The first-order chi connectivity index (χ1) is 18.3. The zero-order valence-corrected chi connectivity index (χ0v) is 22.3. The number of nitrogens with zero attached hydrogens (tertiary/aromatic N) is 4. The number of carbonyl (C=O) groups is 2. The summed E-state index contributed by atoms with van der Waals surface area (Å²) in [6.45, 7) is 2.76. The fraction of sp³-hybridized carbons (Fsp3) is 0.333.